The Bertz CT molecular complexity index is 1480. The lowest BCUT2D eigenvalue weighted by Crippen LogP contribution is -2.59. The summed E-state index contributed by atoms with van der Waals surface area (Å²) >= 11 is 4.80. The Balaban J connectivity index is 1.72. The number of fused-ring (bicyclic) bond motifs is 1. The molecule has 2 atom stereocenters. The van der Waals surface area contributed by atoms with Gasteiger partial charge in [-0.3, -0.25) is 9.36 Å². The third-order valence-corrected chi connectivity index (χ3v) is 9.74. The summed E-state index contributed by atoms with van der Waals surface area (Å²) in [5.41, 5.74) is -1.73. The van der Waals surface area contributed by atoms with E-state index in [0.717, 1.165) is 10.1 Å². The number of aliphatic carboxylic acids is 1. The van der Waals surface area contributed by atoms with Crippen molar-refractivity contribution in [1.29, 1.82) is 0 Å². The van der Waals surface area contributed by atoms with Crippen LogP contribution in [0.25, 0.3) is 10.2 Å². The minimum Gasteiger partial charge on any atom is -0.496 e. The van der Waals surface area contributed by atoms with Crippen molar-refractivity contribution in [3.63, 3.8) is 0 Å². The first kappa shape index (κ1) is 28.0. The van der Waals surface area contributed by atoms with E-state index in [-0.39, 0.29) is 25.7 Å². The van der Waals surface area contributed by atoms with Crippen LogP contribution in [0.1, 0.15) is 42.9 Å². The van der Waals surface area contributed by atoms with Crippen LogP contribution in [0.4, 0.5) is 0 Å². The molecule has 2 saturated heterocycles. The molecule has 4 heterocycles. The fourth-order valence-electron chi connectivity index (χ4n) is 5.44. The van der Waals surface area contributed by atoms with Crippen molar-refractivity contribution in [3.05, 3.63) is 60.0 Å². The summed E-state index contributed by atoms with van der Waals surface area (Å²) in [5, 5.41) is 10.6. The number of hydrogen-bond donors (Lipinski definition) is 1. The number of hydrogen-bond acceptors (Lipinski definition) is 8. The van der Waals surface area contributed by atoms with Gasteiger partial charge in [-0.1, -0.05) is 18.2 Å². The van der Waals surface area contributed by atoms with Crippen molar-refractivity contribution in [2.75, 3.05) is 33.5 Å². The third kappa shape index (κ3) is 5.08. The van der Waals surface area contributed by atoms with E-state index in [9.17, 15) is 19.5 Å². The van der Waals surface area contributed by atoms with Gasteiger partial charge in [0.1, 0.15) is 16.7 Å². The minimum absolute atomic E-state index is 0.0519. The minimum atomic E-state index is -1.80. The maximum Gasteiger partial charge on any atom is 0.333 e. The van der Waals surface area contributed by atoms with Crippen LogP contribution in [0.3, 0.4) is 0 Å². The SMILES string of the molecule is COc1ccccc1[C@H](Cn1c(=O)n(C2(C(=O)O)CCCOC2)c(=O)c2c(C)c(Br)sc21)OC1CCOCC1. The number of rotatable bonds is 8. The average Bonchev–Trinajstić information content (AvgIpc) is 3.25. The van der Waals surface area contributed by atoms with Gasteiger partial charge < -0.3 is 24.1 Å². The van der Waals surface area contributed by atoms with Crippen LogP contribution in [0.2, 0.25) is 0 Å². The van der Waals surface area contributed by atoms with E-state index in [2.05, 4.69) is 15.9 Å². The normalized spacial score (nSPS) is 21.2. The number of benzene rings is 1. The number of carboxylic acid groups (broad SMARTS) is 1. The highest BCUT2D eigenvalue weighted by Crippen LogP contribution is 2.36. The molecule has 12 heteroatoms. The van der Waals surface area contributed by atoms with Crippen LogP contribution in [0, 0.1) is 6.92 Å². The van der Waals surface area contributed by atoms with E-state index in [1.807, 2.05) is 24.3 Å². The maximum absolute atomic E-state index is 14.2. The van der Waals surface area contributed by atoms with E-state index < -0.39 is 28.9 Å². The third-order valence-electron chi connectivity index (χ3n) is 7.56. The highest BCUT2D eigenvalue weighted by atomic mass is 79.9. The summed E-state index contributed by atoms with van der Waals surface area (Å²) < 4.78 is 26.3. The zero-order chi connectivity index (χ0) is 27.7. The molecule has 2 aliphatic heterocycles. The monoisotopic (exact) mass is 622 g/mol. The lowest BCUT2D eigenvalue weighted by molar-refractivity contribution is -0.155. The Labute approximate surface area is 237 Å². The Hall–Kier alpha value is -2.51. The molecule has 2 fully saturated rings. The van der Waals surface area contributed by atoms with Gasteiger partial charge >= 0.3 is 11.7 Å². The van der Waals surface area contributed by atoms with Gasteiger partial charge in [-0.15, -0.1) is 11.3 Å². The van der Waals surface area contributed by atoms with Gasteiger partial charge in [-0.2, -0.15) is 0 Å². The topological polar surface area (TPSA) is 118 Å². The molecular weight excluding hydrogens is 592 g/mol. The summed E-state index contributed by atoms with van der Waals surface area (Å²) in [6.07, 6.45) is 1.23. The number of thiophene rings is 1. The molecule has 1 unspecified atom stereocenters. The molecule has 5 rings (SSSR count). The van der Waals surface area contributed by atoms with E-state index in [0.29, 0.717) is 64.4 Å². The molecule has 0 saturated carbocycles. The number of nitrogens with zero attached hydrogens (tertiary/aromatic N) is 2. The van der Waals surface area contributed by atoms with Gasteiger partial charge in [0, 0.05) is 25.4 Å². The van der Waals surface area contributed by atoms with E-state index in [1.54, 1.807) is 14.0 Å². The molecule has 39 heavy (non-hydrogen) atoms. The molecule has 0 radical (unpaired) electrons. The fourth-order valence-corrected chi connectivity index (χ4v) is 7.12. The van der Waals surface area contributed by atoms with E-state index in [1.165, 1.54) is 15.9 Å². The lowest BCUT2D eigenvalue weighted by Gasteiger charge is -2.35. The summed E-state index contributed by atoms with van der Waals surface area (Å²) in [4.78, 5) is 41.2. The van der Waals surface area contributed by atoms with Gasteiger partial charge in [-0.25, -0.2) is 14.2 Å². The molecule has 3 aromatic rings. The predicted octanol–water partition coefficient (Wildman–Crippen LogP) is 3.83. The number of para-hydroxylation sites is 1. The largest absolute Gasteiger partial charge is 0.496 e. The smallest absolute Gasteiger partial charge is 0.333 e. The number of aryl methyl sites for hydroxylation is 1. The average molecular weight is 624 g/mol. The molecule has 2 aromatic heterocycles. The molecule has 0 bridgehead atoms. The molecule has 0 aliphatic carbocycles. The molecule has 0 spiro atoms. The van der Waals surface area contributed by atoms with Crippen molar-refractivity contribution in [2.45, 2.75) is 56.9 Å². The number of ether oxygens (including phenoxy) is 4. The quantitative estimate of drug-likeness (QED) is 0.403. The van der Waals surface area contributed by atoms with Gasteiger partial charge in [-0.05, 0) is 60.2 Å². The Morgan fingerprint density at radius 2 is 1.97 bits per heavy atom. The van der Waals surface area contributed by atoms with Gasteiger partial charge in [0.15, 0.2) is 5.54 Å². The number of methoxy groups -OCH3 is 1. The van der Waals surface area contributed by atoms with Crippen LogP contribution in [-0.2, 0) is 31.1 Å². The number of halogens is 1. The van der Waals surface area contributed by atoms with Crippen LogP contribution in [-0.4, -0.2) is 59.9 Å². The van der Waals surface area contributed by atoms with E-state index in [4.69, 9.17) is 18.9 Å². The summed E-state index contributed by atoms with van der Waals surface area (Å²) in [6.45, 7) is 3.11. The lowest BCUT2D eigenvalue weighted by atomic mass is 9.92. The number of carboxylic acids is 1. The summed E-state index contributed by atoms with van der Waals surface area (Å²) in [7, 11) is 1.58. The van der Waals surface area contributed by atoms with Crippen molar-refractivity contribution in [2.24, 2.45) is 0 Å². The van der Waals surface area contributed by atoms with Gasteiger partial charge in [0.05, 0.1) is 35.5 Å². The molecule has 1 N–H and O–H groups in total. The first-order valence-electron chi connectivity index (χ1n) is 12.9. The fraction of sp³-hybridized carbons (Fsp3) is 0.519. The molecule has 1 aromatic carbocycles. The Morgan fingerprint density at radius 1 is 1.23 bits per heavy atom. The predicted molar refractivity (Wildman–Crippen MR) is 149 cm³/mol. The molecule has 10 nitrogen and oxygen atoms in total. The second-order valence-electron chi connectivity index (χ2n) is 9.89. The van der Waals surface area contributed by atoms with Crippen LogP contribution < -0.4 is 16.0 Å². The van der Waals surface area contributed by atoms with Crippen LogP contribution in [0.5, 0.6) is 5.75 Å². The molecule has 0 amide bonds. The molecule has 210 valence electrons. The van der Waals surface area contributed by atoms with Crippen LogP contribution >= 0.6 is 27.3 Å². The van der Waals surface area contributed by atoms with Crippen LogP contribution in [0.15, 0.2) is 37.6 Å². The van der Waals surface area contributed by atoms with Gasteiger partial charge in [0.2, 0.25) is 0 Å². The highest BCUT2D eigenvalue weighted by Gasteiger charge is 2.46. The first-order valence-corrected chi connectivity index (χ1v) is 14.5. The molecule has 2 aliphatic rings. The number of aromatic nitrogens is 2. The standard InChI is InChI=1S/C27H31BrN2O8S/c1-16-21-23(31)30(27(25(32)33)10-5-11-37-15-27)26(34)29(24(21)39-22(16)28)14-20(38-17-8-12-36-13-9-17)18-6-3-4-7-19(18)35-2/h3-4,6-7,17,20H,5,8-15H2,1-2H3,(H,32,33)/t20-,27?/m0/s1. The van der Waals surface area contributed by atoms with Crippen molar-refractivity contribution in [1.82, 2.24) is 9.13 Å². The van der Waals surface area contributed by atoms with Crippen molar-refractivity contribution in [3.8, 4) is 5.75 Å². The first-order chi connectivity index (χ1) is 18.8. The van der Waals surface area contributed by atoms with E-state index >= 15 is 0 Å². The second kappa shape index (κ2) is 11.5. The Morgan fingerprint density at radius 3 is 2.64 bits per heavy atom. The maximum atomic E-state index is 14.2. The zero-order valence-electron chi connectivity index (χ0n) is 21.8. The summed E-state index contributed by atoms with van der Waals surface area (Å²) in [6, 6.07) is 7.46. The van der Waals surface area contributed by atoms with Gasteiger partial charge in [0.25, 0.3) is 5.56 Å². The van der Waals surface area contributed by atoms with Crippen molar-refractivity contribution < 1.29 is 28.8 Å². The molecular formula is C27H31BrN2O8S. The second-order valence-corrected chi connectivity index (χ2v) is 12.2. The highest BCUT2D eigenvalue weighted by molar-refractivity contribution is 9.11. The Kier molecular flexibility index (Phi) is 8.29. The zero-order valence-corrected chi connectivity index (χ0v) is 24.2. The summed E-state index contributed by atoms with van der Waals surface area (Å²) in [5.74, 6) is -0.655. The number of carbonyl (C=O) groups is 1. The van der Waals surface area contributed by atoms with Crippen molar-refractivity contribution >= 4 is 43.5 Å².